The highest BCUT2D eigenvalue weighted by Crippen LogP contribution is 2.32. The summed E-state index contributed by atoms with van der Waals surface area (Å²) < 4.78 is 5.47. The van der Waals surface area contributed by atoms with Crippen LogP contribution < -0.4 is 0 Å². The molecule has 1 aliphatic rings. The summed E-state index contributed by atoms with van der Waals surface area (Å²) in [6, 6.07) is 0. The van der Waals surface area contributed by atoms with Crippen molar-refractivity contribution in [2.45, 2.75) is 65.9 Å². The molecule has 1 fully saturated rings. The minimum atomic E-state index is -0.396. The maximum absolute atomic E-state index is 12.1. The Balaban J connectivity index is 2.42. The highest BCUT2D eigenvalue weighted by atomic mass is 16.6. The minimum absolute atomic E-state index is 0.149. The van der Waals surface area contributed by atoms with Crippen LogP contribution in [0, 0.1) is 11.8 Å². The lowest BCUT2D eigenvalue weighted by Gasteiger charge is -2.28. The van der Waals surface area contributed by atoms with Crippen molar-refractivity contribution < 1.29 is 9.53 Å². The van der Waals surface area contributed by atoms with Crippen molar-refractivity contribution in [3.05, 3.63) is 0 Å². The number of amides is 1. The standard InChI is InChI=1S/C15H29NO2/c1-12(2)8-10-16(11-9-13-6-7-13)14(17)18-15(3,4)5/h12-13H,6-11H2,1-5H3. The lowest BCUT2D eigenvalue weighted by molar-refractivity contribution is 0.0238. The summed E-state index contributed by atoms with van der Waals surface area (Å²) in [6.45, 7) is 11.8. The van der Waals surface area contributed by atoms with Crippen molar-refractivity contribution in [3.63, 3.8) is 0 Å². The molecule has 0 heterocycles. The largest absolute Gasteiger partial charge is 0.444 e. The number of nitrogens with zero attached hydrogens (tertiary/aromatic N) is 1. The van der Waals surface area contributed by atoms with Crippen LogP contribution in [0.1, 0.15) is 60.3 Å². The number of carbonyl (C=O) groups is 1. The first-order valence-corrected chi connectivity index (χ1v) is 7.26. The average molecular weight is 255 g/mol. The van der Waals surface area contributed by atoms with Crippen molar-refractivity contribution in [2.24, 2.45) is 11.8 Å². The lowest BCUT2D eigenvalue weighted by Crippen LogP contribution is -2.38. The van der Waals surface area contributed by atoms with Gasteiger partial charge >= 0.3 is 6.09 Å². The van der Waals surface area contributed by atoms with E-state index >= 15 is 0 Å². The quantitative estimate of drug-likeness (QED) is 0.716. The Morgan fingerprint density at radius 1 is 1.28 bits per heavy atom. The molecule has 0 radical (unpaired) electrons. The van der Waals surface area contributed by atoms with Gasteiger partial charge < -0.3 is 9.64 Å². The molecule has 18 heavy (non-hydrogen) atoms. The van der Waals surface area contributed by atoms with Gasteiger partial charge in [0, 0.05) is 13.1 Å². The molecule has 1 amide bonds. The second-order valence-corrected chi connectivity index (χ2v) is 6.88. The van der Waals surface area contributed by atoms with Crippen molar-refractivity contribution in [1.29, 1.82) is 0 Å². The van der Waals surface area contributed by atoms with Crippen LogP contribution >= 0.6 is 0 Å². The monoisotopic (exact) mass is 255 g/mol. The van der Waals surface area contributed by atoms with Crippen LogP contribution in [-0.4, -0.2) is 29.7 Å². The van der Waals surface area contributed by atoms with E-state index < -0.39 is 5.60 Å². The summed E-state index contributed by atoms with van der Waals surface area (Å²) in [7, 11) is 0. The zero-order chi connectivity index (χ0) is 13.8. The normalized spacial score (nSPS) is 15.9. The molecule has 0 saturated heterocycles. The van der Waals surface area contributed by atoms with Gasteiger partial charge in [0.2, 0.25) is 0 Å². The zero-order valence-corrected chi connectivity index (χ0v) is 12.7. The fraction of sp³-hybridized carbons (Fsp3) is 0.933. The minimum Gasteiger partial charge on any atom is -0.444 e. The summed E-state index contributed by atoms with van der Waals surface area (Å²) in [5, 5.41) is 0. The first kappa shape index (κ1) is 15.3. The van der Waals surface area contributed by atoms with Gasteiger partial charge in [0.05, 0.1) is 0 Å². The first-order chi connectivity index (χ1) is 8.28. The summed E-state index contributed by atoms with van der Waals surface area (Å²) >= 11 is 0. The summed E-state index contributed by atoms with van der Waals surface area (Å²) in [5.74, 6) is 1.48. The second-order valence-electron chi connectivity index (χ2n) is 6.88. The van der Waals surface area contributed by atoms with Gasteiger partial charge in [-0.2, -0.15) is 0 Å². The molecular weight excluding hydrogens is 226 g/mol. The Morgan fingerprint density at radius 3 is 2.33 bits per heavy atom. The molecule has 3 heteroatoms. The number of hydrogen-bond acceptors (Lipinski definition) is 2. The second kappa shape index (κ2) is 6.44. The molecule has 0 bridgehead atoms. The number of hydrogen-bond donors (Lipinski definition) is 0. The van der Waals surface area contributed by atoms with E-state index in [1.165, 1.54) is 12.8 Å². The molecule has 1 aliphatic carbocycles. The molecule has 0 aliphatic heterocycles. The third-order valence-electron chi connectivity index (χ3n) is 3.13. The first-order valence-electron chi connectivity index (χ1n) is 7.26. The van der Waals surface area contributed by atoms with E-state index in [1.807, 2.05) is 25.7 Å². The van der Waals surface area contributed by atoms with Gasteiger partial charge in [-0.25, -0.2) is 4.79 Å². The zero-order valence-electron chi connectivity index (χ0n) is 12.7. The molecule has 106 valence electrons. The maximum Gasteiger partial charge on any atom is 0.410 e. The lowest BCUT2D eigenvalue weighted by atomic mass is 10.1. The summed E-state index contributed by atoms with van der Waals surface area (Å²) in [4.78, 5) is 14.0. The van der Waals surface area contributed by atoms with Crippen molar-refractivity contribution in [1.82, 2.24) is 4.90 Å². The Morgan fingerprint density at radius 2 is 1.89 bits per heavy atom. The highest BCUT2D eigenvalue weighted by molar-refractivity contribution is 5.68. The highest BCUT2D eigenvalue weighted by Gasteiger charge is 2.26. The Kier molecular flexibility index (Phi) is 5.48. The molecule has 3 nitrogen and oxygen atoms in total. The summed E-state index contributed by atoms with van der Waals surface area (Å²) in [5.41, 5.74) is -0.396. The van der Waals surface area contributed by atoms with Gasteiger partial charge in [0.25, 0.3) is 0 Å². The fourth-order valence-corrected chi connectivity index (χ4v) is 1.78. The molecule has 0 aromatic heterocycles. The van der Waals surface area contributed by atoms with Crippen LogP contribution in [0.15, 0.2) is 0 Å². The number of ether oxygens (including phenoxy) is 1. The molecular formula is C15H29NO2. The smallest absolute Gasteiger partial charge is 0.410 e. The Labute approximate surface area is 112 Å². The molecule has 0 spiro atoms. The fourth-order valence-electron chi connectivity index (χ4n) is 1.78. The predicted octanol–water partition coefficient (Wildman–Crippen LogP) is 4.07. The van der Waals surface area contributed by atoms with Crippen LogP contribution in [0.3, 0.4) is 0 Å². The van der Waals surface area contributed by atoms with Crippen LogP contribution in [0.5, 0.6) is 0 Å². The van der Waals surface area contributed by atoms with Crippen molar-refractivity contribution in [2.75, 3.05) is 13.1 Å². The van der Waals surface area contributed by atoms with E-state index in [-0.39, 0.29) is 6.09 Å². The Bertz CT molecular complexity index is 258. The van der Waals surface area contributed by atoms with Gasteiger partial charge in [-0.05, 0) is 45.4 Å². The van der Waals surface area contributed by atoms with Crippen LogP contribution in [0.4, 0.5) is 4.79 Å². The van der Waals surface area contributed by atoms with E-state index in [0.29, 0.717) is 5.92 Å². The van der Waals surface area contributed by atoms with Gasteiger partial charge in [0.1, 0.15) is 5.60 Å². The third-order valence-corrected chi connectivity index (χ3v) is 3.13. The van der Waals surface area contributed by atoms with E-state index in [2.05, 4.69) is 13.8 Å². The topological polar surface area (TPSA) is 29.5 Å². The van der Waals surface area contributed by atoms with Gasteiger partial charge in [-0.15, -0.1) is 0 Å². The van der Waals surface area contributed by atoms with Crippen molar-refractivity contribution >= 4 is 6.09 Å². The SMILES string of the molecule is CC(C)CCN(CCC1CC1)C(=O)OC(C)(C)C. The number of rotatable bonds is 6. The molecule has 0 aromatic carbocycles. The third kappa shape index (κ3) is 6.87. The molecule has 0 aromatic rings. The molecule has 0 N–H and O–H groups in total. The maximum atomic E-state index is 12.1. The average Bonchev–Trinajstić information content (AvgIpc) is 2.97. The van der Waals surface area contributed by atoms with Crippen LogP contribution in [0.2, 0.25) is 0 Å². The van der Waals surface area contributed by atoms with Crippen LogP contribution in [-0.2, 0) is 4.74 Å². The molecule has 0 unspecified atom stereocenters. The Hall–Kier alpha value is -0.730. The molecule has 1 rings (SSSR count). The molecule has 1 saturated carbocycles. The molecule has 0 atom stereocenters. The number of carbonyl (C=O) groups excluding carboxylic acids is 1. The van der Waals surface area contributed by atoms with E-state index in [9.17, 15) is 4.79 Å². The van der Waals surface area contributed by atoms with Gasteiger partial charge in [0.15, 0.2) is 0 Å². The predicted molar refractivity (Wildman–Crippen MR) is 74.6 cm³/mol. The van der Waals surface area contributed by atoms with Gasteiger partial charge in [-0.1, -0.05) is 26.7 Å². The van der Waals surface area contributed by atoms with E-state index in [4.69, 9.17) is 4.74 Å². The van der Waals surface area contributed by atoms with E-state index in [1.54, 1.807) is 0 Å². The van der Waals surface area contributed by atoms with E-state index in [0.717, 1.165) is 31.8 Å². The van der Waals surface area contributed by atoms with Gasteiger partial charge in [-0.3, -0.25) is 0 Å². The van der Waals surface area contributed by atoms with Crippen molar-refractivity contribution in [3.8, 4) is 0 Å². The van der Waals surface area contributed by atoms with Crippen LogP contribution in [0.25, 0.3) is 0 Å². The summed E-state index contributed by atoms with van der Waals surface area (Å²) in [6.07, 6.45) is 4.71.